The summed E-state index contributed by atoms with van der Waals surface area (Å²) in [7, 11) is 0. The number of ether oxygens (including phenoxy) is 1. The van der Waals surface area contributed by atoms with E-state index in [1.165, 1.54) is 0 Å². The molecule has 2 saturated heterocycles. The predicted octanol–water partition coefficient (Wildman–Crippen LogP) is 3.08. The second-order valence-electron chi connectivity index (χ2n) is 7.76. The molecule has 0 aromatic heterocycles. The second kappa shape index (κ2) is 6.47. The van der Waals surface area contributed by atoms with E-state index in [1.54, 1.807) is 4.90 Å². The van der Waals surface area contributed by atoms with Gasteiger partial charge in [-0.2, -0.15) is 0 Å². The first kappa shape index (κ1) is 17.1. The van der Waals surface area contributed by atoms with Gasteiger partial charge in [0.2, 0.25) is 5.91 Å². The zero-order valence-electron chi connectivity index (χ0n) is 14.4. The van der Waals surface area contributed by atoms with Crippen LogP contribution in [-0.4, -0.2) is 41.6 Å². The summed E-state index contributed by atoms with van der Waals surface area (Å²) in [6, 6.07) is 0.320. The number of nitrogens with one attached hydrogen (secondary N) is 1. The van der Waals surface area contributed by atoms with Crippen LogP contribution in [0.15, 0.2) is 0 Å². The third-order valence-electron chi connectivity index (χ3n) is 4.73. The summed E-state index contributed by atoms with van der Waals surface area (Å²) in [5, 5.41) is 3.16. The van der Waals surface area contributed by atoms with E-state index in [0.717, 1.165) is 38.5 Å². The van der Waals surface area contributed by atoms with Crippen LogP contribution in [0.4, 0.5) is 4.79 Å². The Labute approximate surface area is 133 Å². The monoisotopic (exact) mass is 310 g/mol. The maximum atomic E-state index is 12.4. The number of carbonyl (C=O) groups excluding carboxylic acids is 2. The van der Waals surface area contributed by atoms with Gasteiger partial charge in [0.05, 0.1) is 5.41 Å². The number of unbranched alkanes of at least 4 members (excludes halogenated alkanes) is 1. The van der Waals surface area contributed by atoms with Crippen molar-refractivity contribution in [3.05, 3.63) is 0 Å². The fourth-order valence-corrected chi connectivity index (χ4v) is 3.45. The van der Waals surface area contributed by atoms with Crippen LogP contribution < -0.4 is 5.32 Å². The van der Waals surface area contributed by atoms with Crippen molar-refractivity contribution >= 4 is 12.0 Å². The van der Waals surface area contributed by atoms with E-state index in [-0.39, 0.29) is 17.4 Å². The molecule has 1 N–H and O–H groups in total. The van der Waals surface area contributed by atoms with Crippen LogP contribution in [0.25, 0.3) is 0 Å². The Morgan fingerprint density at radius 3 is 2.55 bits per heavy atom. The second-order valence-corrected chi connectivity index (χ2v) is 7.76. The lowest BCUT2D eigenvalue weighted by Gasteiger charge is -2.38. The Bertz CT molecular complexity index is 420. The van der Waals surface area contributed by atoms with Crippen molar-refractivity contribution in [2.45, 2.75) is 77.9 Å². The van der Waals surface area contributed by atoms with Gasteiger partial charge in [-0.25, -0.2) is 4.79 Å². The van der Waals surface area contributed by atoms with Crippen LogP contribution in [0.3, 0.4) is 0 Å². The Kier molecular flexibility index (Phi) is 5.03. The molecular weight excluding hydrogens is 280 g/mol. The SMILES string of the molecule is CCCCC1CC2(CCN(C(=O)OC(C)(C)C)CC2)C(=O)N1. The normalized spacial score (nSPS) is 24.5. The van der Waals surface area contributed by atoms with Gasteiger partial charge in [0.15, 0.2) is 0 Å². The topological polar surface area (TPSA) is 58.6 Å². The number of carbonyl (C=O) groups is 2. The molecule has 0 aromatic rings. The van der Waals surface area contributed by atoms with Gasteiger partial charge in [0, 0.05) is 19.1 Å². The minimum atomic E-state index is -0.470. The zero-order chi connectivity index (χ0) is 16.4. The largest absolute Gasteiger partial charge is 0.444 e. The highest BCUT2D eigenvalue weighted by atomic mass is 16.6. The summed E-state index contributed by atoms with van der Waals surface area (Å²) in [4.78, 5) is 26.2. The summed E-state index contributed by atoms with van der Waals surface area (Å²) in [6.07, 6.45) is 5.55. The maximum Gasteiger partial charge on any atom is 0.410 e. The summed E-state index contributed by atoms with van der Waals surface area (Å²) < 4.78 is 5.42. The first-order chi connectivity index (χ1) is 10.3. The van der Waals surface area contributed by atoms with Gasteiger partial charge in [-0.05, 0) is 46.5 Å². The van der Waals surface area contributed by atoms with E-state index >= 15 is 0 Å². The molecule has 2 aliphatic rings. The number of likely N-dealkylation sites (tertiary alicyclic amines) is 1. The fraction of sp³-hybridized carbons (Fsp3) is 0.882. The fourth-order valence-electron chi connectivity index (χ4n) is 3.45. The minimum Gasteiger partial charge on any atom is -0.444 e. The average Bonchev–Trinajstić information content (AvgIpc) is 2.72. The molecule has 5 heteroatoms. The summed E-state index contributed by atoms with van der Waals surface area (Å²) >= 11 is 0. The van der Waals surface area contributed by atoms with Crippen molar-refractivity contribution in [2.75, 3.05) is 13.1 Å². The number of nitrogens with zero attached hydrogens (tertiary/aromatic N) is 1. The van der Waals surface area contributed by atoms with Gasteiger partial charge in [-0.15, -0.1) is 0 Å². The molecule has 0 aliphatic carbocycles. The van der Waals surface area contributed by atoms with E-state index in [1.807, 2.05) is 20.8 Å². The third-order valence-corrected chi connectivity index (χ3v) is 4.73. The van der Waals surface area contributed by atoms with Crippen molar-refractivity contribution in [1.82, 2.24) is 10.2 Å². The van der Waals surface area contributed by atoms with Crippen LogP contribution in [0.1, 0.15) is 66.2 Å². The number of rotatable bonds is 3. The molecule has 2 amide bonds. The van der Waals surface area contributed by atoms with Gasteiger partial charge < -0.3 is 15.0 Å². The van der Waals surface area contributed by atoms with Gasteiger partial charge in [0.25, 0.3) is 0 Å². The molecule has 0 saturated carbocycles. The average molecular weight is 310 g/mol. The first-order valence-corrected chi connectivity index (χ1v) is 8.55. The number of hydrogen-bond donors (Lipinski definition) is 1. The van der Waals surface area contributed by atoms with E-state index in [9.17, 15) is 9.59 Å². The molecule has 1 unspecified atom stereocenters. The molecule has 126 valence electrons. The number of hydrogen-bond acceptors (Lipinski definition) is 3. The molecule has 2 fully saturated rings. The van der Waals surface area contributed by atoms with Gasteiger partial charge in [-0.1, -0.05) is 19.8 Å². The van der Waals surface area contributed by atoms with E-state index in [2.05, 4.69) is 12.2 Å². The Balaban J connectivity index is 1.88. The Hall–Kier alpha value is -1.26. The van der Waals surface area contributed by atoms with Crippen molar-refractivity contribution in [2.24, 2.45) is 5.41 Å². The van der Waals surface area contributed by atoms with Gasteiger partial charge in [0.1, 0.15) is 5.60 Å². The van der Waals surface area contributed by atoms with Crippen molar-refractivity contribution in [1.29, 1.82) is 0 Å². The van der Waals surface area contributed by atoms with Crippen LogP contribution >= 0.6 is 0 Å². The lowest BCUT2D eigenvalue weighted by molar-refractivity contribution is -0.130. The van der Waals surface area contributed by atoms with Crippen molar-refractivity contribution < 1.29 is 14.3 Å². The van der Waals surface area contributed by atoms with Crippen molar-refractivity contribution in [3.63, 3.8) is 0 Å². The van der Waals surface area contributed by atoms with E-state index in [0.29, 0.717) is 19.1 Å². The standard InChI is InChI=1S/C17H30N2O3/c1-5-6-7-13-12-17(14(20)18-13)8-10-19(11-9-17)15(21)22-16(2,3)4/h13H,5-12H2,1-4H3,(H,18,20). The van der Waals surface area contributed by atoms with Crippen LogP contribution in [0, 0.1) is 5.41 Å². The summed E-state index contributed by atoms with van der Waals surface area (Å²) in [6.45, 7) is 9.02. The van der Waals surface area contributed by atoms with Gasteiger partial charge in [-0.3, -0.25) is 4.79 Å². The molecule has 2 aliphatic heterocycles. The number of piperidine rings is 1. The highest BCUT2D eigenvalue weighted by Crippen LogP contribution is 2.41. The zero-order valence-corrected chi connectivity index (χ0v) is 14.4. The molecule has 5 nitrogen and oxygen atoms in total. The molecule has 2 rings (SSSR count). The van der Waals surface area contributed by atoms with E-state index in [4.69, 9.17) is 4.74 Å². The molecule has 2 heterocycles. The van der Waals surface area contributed by atoms with Crippen LogP contribution in [-0.2, 0) is 9.53 Å². The van der Waals surface area contributed by atoms with Gasteiger partial charge >= 0.3 is 6.09 Å². The summed E-state index contributed by atoms with van der Waals surface area (Å²) in [5.74, 6) is 0.192. The molecule has 0 radical (unpaired) electrons. The molecule has 22 heavy (non-hydrogen) atoms. The highest BCUT2D eigenvalue weighted by Gasteiger charge is 2.48. The maximum absolute atomic E-state index is 12.4. The molecular formula is C17H30N2O3. The third kappa shape index (κ3) is 3.93. The molecule has 0 bridgehead atoms. The first-order valence-electron chi connectivity index (χ1n) is 8.55. The lowest BCUT2D eigenvalue weighted by atomic mass is 9.75. The quantitative estimate of drug-likeness (QED) is 0.871. The number of amides is 2. The molecule has 1 atom stereocenters. The Morgan fingerprint density at radius 1 is 1.36 bits per heavy atom. The lowest BCUT2D eigenvalue weighted by Crippen LogP contribution is -2.47. The highest BCUT2D eigenvalue weighted by molar-refractivity contribution is 5.85. The predicted molar refractivity (Wildman–Crippen MR) is 85.5 cm³/mol. The smallest absolute Gasteiger partial charge is 0.410 e. The van der Waals surface area contributed by atoms with Crippen LogP contribution in [0.5, 0.6) is 0 Å². The summed E-state index contributed by atoms with van der Waals surface area (Å²) in [5.41, 5.74) is -0.723. The van der Waals surface area contributed by atoms with Crippen molar-refractivity contribution in [3.8, 4) is 0 Å². The van der Waals surface area contributed by atoms with E-state index < -0.39 is 5.60 Å². The Morgan fingerprint density at radius 2 is 2.00 bits per heavy atom. The molecule has 1 spiro atoms. The molecule has 0 aromatic carbocycles. The van der Waals surface area contributed by atoms with Crippen LogP contribution in [0.2, 0.25) is 0 Å². The minimum absolute atomic E-state index is 0.192.